The van der Waals surface area contributed by atoms with Gasteiger partial charge in [-0.25, -0.2) is 0 Å². The molecule has 76 valence electrons. The van der Waals surface area contributed by atoms with Crippen LogP contribution in [0.15, 0.2) is 24.3 Å². The fourth-order valence-electron chi connectivity index (χ4n) is 1.26. The summed E-state index contributed by atoms with van der Waals surface area (Å²) in [4.78, 5) is 10.7. The van der Waals surface area contributed by atoms with Gasteiger partial charge >= 0.3 is 5.97 Å². The zero-order chi connectivity index (χ0) is 10.6. The number of ether oxygens (including phenoxy) is 1. The normalized spacial score (nSPS) is 12.4. The average Bonchev–Trinajstić information content (AvgIpc) is 2.17. The van der Waals surface area contributed by atoms with Crippen LogP contribution in [0.1, 0.15) is 24.0 Å². The summed E-state index contributed by atoms with van der Waals surface area (Å²) in [6, 6.07) is 7.45. The Morgan fingerprint density at radius 3 is 2.86 bits per heavy atom. The summed E-state index contributed by atoms with van der Waals surface area (Å²) >= 11 is 0. The summed E-state index contributed by atoms with van der Waals surface area (Å²) in [6.45, 7) is 2.19. The van der Waals surface area contributed by atoms with Crippen LogP contribution >= 0.6 is 0 Å². The first-order valence-electron chi connectivity index (χ1n) is 4.45. The van der Waals surface area contributed by atoms with Crippen molar-refractivity contribution in [3.05, 3.63) is 35.4 Å². The van der Waals surface area contributed by atoms with Gasteiger partial charge in [0.05, 0.1) is 12.5 Å². The molecule has 1 aromatic rings. The minimum Gasteiger partial charge on any atom is -0.481 e. The molecular weight excluding hydrogens is 180 g/mol. The highest BCUT2D eigenvalue weighted by molar-refractivity contribution is 5.75. The number of hydrogen-bond acceptors (Lipinski definition) is 2. The highest BCUT2D eigenvalue weighted by Gasteiger charge is 2.13. The van der Waals surface area contributed by atoms with Crippen molar-refractivity contribution in [3.63, 3.8) is 0 Å². The minimum atomic E-state index is -0.806. The van der Waals surface area contributed by atoms with Gasteiger partial charge in [0, 0.05) is 7.11 Å². The van der Waals surface area contributed by atoms with E-state index in [2.05, 4.69) is 0 Å². The second-order valence-corrected chi connectivity index (χ2v) is 3.24. The summed E-state index contributed by atoms with van der Waals surface area (Å²) in [5.74, 6) is -1.27. The lowest BCUT2D eigenvalue weighted by atomic mass is 9.99. The van der Waals surface area contributed by atoms with Gasteiger partial charge in [0.2, 0.25) is 0 Å². The highest BCUT2D eigenvalue weighted by atomic mass is 16.5. The zero-order valence-corrected chi connectivity index (χ0v) is 8.36. The van der Waals surface area contributed by atoms with Crippen molar-refractivity contribution in [1.29, 1.82) is 0 Å². The van der Waals surface area contributed by atoms with Gasteiger partial charge in [-0.2, -0.15) is 0 Å². The van der Waals surface area contributed by atoms with E-state index in [1.54, 1.807) is 14.0 Å². The van der Waals surface area contributed by atoms with Crippen molar-refractivity contribution in [2.75, 3.05) is 7.11 Å². The number of methoxy groups -OCH3 is 1. The molecule has 0 bridgehead atoms. The molecule has 0 aliphatic carbocycles. The lowest BCUT2D eigenvalue weighted by Crippen LogP contribution is -2.07. The van der Waals surface area contributed by atoms with E-state index in [4.69, 9.17) is 9.84 Å². The second kappa shape index (κ2) is 4.77. The quantitative estimate of drug-likeness (QED) is 0.797. The van der Waals surface area contributed by atoms with Crippen molar-refractivity contribution in [3.8, 4) is 0 Å². The molecular formula is C11H14O3. The molecule has 0 unspecified atom stereocenters. The molecule has 0 aliphatic heterocycles. The standard InChI is InChI=1S/C11H14O3/c1-8(11(12)13)10-5-3-4-9(6-10)7-14-2/h3-6,8H,7H2,1-2H3,(H,12,13)/t8-/m1/s1. The third kappa shape index (κ3) is 2.57. The van der Waals surface area contributed by atoms with Crippen molar-refractivity contribution in [2.45, 2.75) is 19.4 Å². The summed E-state index contributed by atoms with van der Waals surface area (Å²) in [5.41, 5.74) is 1.81. The van der Waals surface area contributed by atoms with Gasteiger partial charge in [-0.3, -0.25) is 4.79 Å². The molecule has 0 spiro atoms. The maximum atomic E-state index is 10.7. The lowest BCUT2D eigenvalue weighted by molar-refractivity contribution is -0.138. The number of carboxylic acid groups (broad SMARTS) is 1. The SMILES string of the molecule is COCc1cccc([C@@H](C)C(=O)O)c1. The van der Waals surface area contributed by atoms with Gasteiger partial charge in [-0.05, 0) is 18.1 Å². The Morgan fingerprint density at radius 2 is 2.29 bits per heavy atom. The van der Waals surface area contributed by atoms with Gasteiger partial charge in [0.15, 0.2) is 0 Å². The van der Waals surface area contributed by atoms with E-state index in [1.165, 1.54) is 0 Å². The minimum absolute atomic E-state index is 0.466. The summed E-state index contributed by atoms with van der Waals surface area (Å²) in [7, 11) is 1.62. The third-order valence-electron chi connectivity index (χ3n) is 2.13. The summed E-state index contributed by atoms with van der Waals surface area (Å²) in [6.07, 6.45) is 0. The van der Waals surface area contributed by atoms with Gasteiger partial charge in [-0.15, -0.1) is 0 Å². The largest absolute Gasteiger partial charge is 0.481 e. The topological polar surface area (TPSA) is 46.5 Å². The monoisotopic (exact) mass is 194 g/mol. The maximum absolute atomic E-state index is 10.7. The molecule has 3 heteroatoms. The maximum Gasteiger partial charge on any atom is 0.310 e. The highest BCUT2D eigenvalue weighted by Crippen LogP contribution is 2.17. The van der Waals surface area contributed by atoms with E-state index in [9.17, 15) is 4.79 Å². The fraction of sp³-hybridized carbons (Fsp3) is 0.364. The molecule has 0 amide bonds. The Hall–Kier alpha value is -1.35. The molecule has 0 aliphatic rings. The molecule has 1 N–H and O–H groups in total. The van der Waals surface area contributed by atoms with Gasteiger partial charge < -0.3 is 9.84 Å². The van der Waals surface area contributed by atoms with Crippen LogP contribution in [0.3, 0.4) is 0 Å². The Morgan fingerprint density at radius 1 is 1.57 bits per heavy atom. The predicted molar refractivity (Wildman–Crippen MR) is 53.2 cm³/mol. The molecule has 0 saturated carbocycles. The zero-order valence-electron chi connectivity index (χ0n) is 8.36. The molecule has 1 aromatic carbocycles. The van der Waals surface area contributed by atoms with Crippen molar-refractivity contribution < 1.29 is 14.6 Å². The van der Waals surface area contributed by atoms with Gasteiger partial charge in [0.25, 0.3) is 0 Å². The van der Waals surface area contributed by atoms with Crippen LogP contribution in [0.4, 0.5) is 0 Å². The molecule has 1 atom stereocenters. The van der Waals surface area contributed by atoms with Gasteiger partial charge in [0.1, 0.15) is 0 Å². The van der Waals surface area contributed by atoms with E-state index < -0.39 is 11.9 Å². The molecule has 0 fully saturated rings. The number of carboxylic acids is 1. The Labute approximate surface area is 83.3 Å². The molecule has 0 heterocycles. The molecule has 0 saturated heterocycles. The first-order chi connectivity index (χ1) is 6.65. The van der Waals surface area contributed by atoms with Crippen molar-refractivity contribution in [1.82, 2.24) is 0 Å². The van der Waals surface area contributed by atoms with Crippen LogP contribution in [-0.2, 0) is 16.1 Å². The van der Waals surface area contributed by atoms with Crippen molar-refractivity contribution in [2.24, 2.45) is 0 Å². The molecule has 3 nitrogen and oxygen atoms in total. The lowest BCUT2D eigenvalue weighted by Gasteiger charge is -2.08. The third-order valence-corrected chi connectivity index (χ3v) is 2.13. The van der Waals surface area contributed by atoms with E-state index in [0.29, 0.717) is 6.61 Å². The first kappa shape index (κ1) is 10.7. The molecule has 1 rings (SSSR count). The predicted octanol–water partition coefficient (Wildman–Crippen LogP) is 2.02. The van der Waals surface area contributed by atoms with Crippen LogP contribution in [0.5, 0.6) is 0 Å². The number of aliphatic carboxylic acids is 1. The Kier molecular flexibility index (Phi) is 3.65. The van der Waals surface area contributed by atoms with Gasteiger partial charge in [-0.1, -0.05) is 24.3 Å². The first-order valence-corrected chi connectivity index (χ1v) is 4.45. The van der Waals surface area contributed by atoms with Crippen LogP contribution in [0, 0.1) is 0 Å². The Balaban J connectivity index is 2.87. The molecule has 0 radical (unpaired) electrons. The van der Waals surface area contributed by atoms with E-state index in [0.717, 1.165) is 11.1 Å². The van der Waals surface area contributed by atoms with Crippen molar-refractivity contribution >= 4 is 5.97 Å². The molecule has 0 aromatic heterocycles. The number of rotatable bonds is 4. The van der Waals surface area contributed by atoms with Crippen LogP contribution in [-0.4, -0.2) is 18.2 Å². The number of hydrogen-bond donors (Lipinski definition) is 1. The Bertz CT molecular complexity index is 320. The van der Waals surface area contributed by atoms with Crippen LogP contribution in [0.2, 0.25) is 0 Å². The second-order valence-electron chi connectivity index (χ2n) is 3.24. The van der Waals surface area contributed by atoms with E-state index >= 15 is 0 Å². The summed E-state index contributed by atoms with van der Waals surface area (Å²) in [5, 5.41) is 8.82. The van der Waals surface area contributed by atoms with Crippen LogP contribution in [0.25, 0.3) is 0 Å². The average molecular weight is 194 g/mol. The number of benzene rings is 1. The smallest absolute Gasteiger partial charge is 0.310 e. The van der Waals surface area contributed by atoms with Crippen LogP contribution < -0.4 is 0 Å². The van der Waals surface area contributed by atoms with E-state index in [-0.39, 0.29) is 0 Å². The fourth-order valence-corrected chi connectivity index (χ4v) is 1.26. The van der Waals surface area contributed by atoms with E-state index in [1.807, 2.05) is 24.3 Å². The number of carbonyl (C=O) groups is 1. The summed E-state index contributed by atoms with van der Waals surface area (Å²) < 4.78 is 4.98. The molecule has 14 heavy (non-hydrogen) atoms.